The zero-order valence-corrected chi connectivity index (χ0v) is 16.3. The van der Waals surface area contributed by atoms with Crippen LogP contribution in [-0.2, 0) is 4.79 Å². The van der Waals surface area contributed by atoms with Crippen molar-refractivity contribution in [1.29, 1.82) is 0 Å². The molecule has 0 aliphatic carbocycles. The maximum absolute atomic E-state index is 12.4. The van der Waals surface area contributed by atoms with E-state index in [1.54, 1.807) is 55.3 Å². The SMILES string of the molecule is COc1ccccc1NC(=O)c1ccc(NC(=O)CSC(C)(C)C)cc1. The first-order chi connectivity index (χ1) is 12.3. The molecule has 5 nitrogen and oxygen atoms in total. The standard InChI is InChI=1S/C20H24N2O3S/c1-20(2,3)26-13-18(23)21-15-11-9-14(10-12-15)19(24)22-16-7-5-6-8-17(16)25-4/h5-12H,13H2,1-4H3,(H,21,23)(H,22,24). The minimum atomic E-state index is -0.240. The average molecular weight is 372 g/mol. The number of amides is 2. The maximum atomic E-state index is 12.4. The maximum Gasteiger partial charge on any atom is 0.255 e. The van der Waals surface area contributed by atoms with E-state index >= 15 is 0 Å². The number of thioether (sulfide) groups is 1. The van der Waals surface area contributed by atoms with Crippen LogP contribution >= 0.6 is 11.8 Å². The molecule has 0 bridgehead atoms. The van der Waals surface area contributed by atoms with Crippen LogP contribution in [0, 0.1) is 0 Å². The minimum Gasteiger partial charge on any atom is -0.495 e. The summed E-state index contributed by atoms with van der Waals surface area (Å²) in [6.07, 6.45) is 0. The molecule has 138 valence electrons. The van der Waals surface area contributed by atoms with Crippen molar-refractivity contribution in [2.24, 2.45) is 0 Å². The van der Waals surface area contributed by atoms with Gasteiger partial charge in [0.1, 0.15) is 5.75 Å². The van der Waals surface area contributed by atoms with Crippen molar-refractivity contribution in [3.63, 3.8) is 0 Å². The van der Waals surface area contributed by atoms with Gasteiger partial charge in [0.2, 0.25) is 5.91 Å². The van der Waals surface area contributed by atoms with Gasteiger partial charge in [-0.25, -0.2) is 0 Å². The fraction of sp³-hybridized carbons (Fsp3) is 0.300. The first kappa shape index (κ1) is 19.8. The van der Waals surface area contributed by atoms with Crippen LogP contribution in [-0.4, -0.2) is 29.4 Å². The molecule has 2 rings (SSSR count). The van der Waals surface area contributed by atoms with Crippen molar-refractivity contribution in [2.75, 3.05) is 23.5 Å². The molecule has 2 aromatic carbocycles. The normalized spacial score (nSPS) is 10.9. The molecule has 0 saturated carbocycles. The van der Waals surface area contributed by atoms with Crippen molar-refractivity contribution >= 4 is 35.0 Å². The lowest BCUT2D eigenvalue weighted by atomic mass is 10.2. The highest BCUT2D eigenvalue weighted by molar-refractivity contribution is 8.01. The Kier molecular flexibility index (Phi) is 6.69. The molecule has 0 spiro atoms. The molecule has 6 heteroatoms. The van der Waals surface area contributed by atoms with Crippen LogP contribution in [0.15, 0.2) is 48.5 Å². The second-order valence-corrected chi connectivity index (χ2v) is 8.48. The summed E-state index contributed by atoms with van der Waals surface area (Å²) in [7, 11) is 1.56. The lowest BCUT2D eigenvalue weighted by molar-refractivity contribution is -0.113. The minimum absolute atomic E-state index is 0.0395. The zero-order chi connectivity index (χ0) is 19.2. The third-order valence-electron chi connectivity index (χ3n) is 3.42. The van der Waals surface area contributed by atoms with Gasteiger partial charge in [0.15, 0.2) is 0 Å². The summed E-state index contributed by atoms with van der Waals surface area (Å²) < 4.78 is 5.27. The fourth-order valence-electron chi connectivity index (χ4n) is 2.13. The Morgan fingerprint density at radius 1 is 1.00 bits per heavy atom. The summed E-state index contributed by atoms with van der Waals surface area (Å²) in [5.74, 6) is 0.687. The van der Waals surface area contributed by atoms with Gasteiger partial charge in [-0.3, -0.25) is 9.59 Å². The van der Waals surface area contributed by atoms with Crippen LogP contribution in [0.2, 0.25) is 0 Å². The van der Waals surface area contributed by atoms with Gasteiger partial charge in [-0.15, -0.1) is 11.8 Å². The Balaban J connectivity index is 1.96. The van der Waals surface area contributed by atoms with E-state index in [2.05, 4.69) is 31.4 Å². The van der Waals surface area contributed by atoms with Crippen molar-refractivity contribution in [2.45, 2.75) is 25.5 Å². The first-order valence-corrected chi connectivity index (χ1v) is 9.25. The summed E-state index contributed by atoms with van der Waals surface area (Å²) in [6, 6.07) is 14.0. The molecule has 0 fully saturated rings. The Hall–Kier alpha value is -2.47. The van der Waals surface area contributed by atoms with Gasteiger partial charge >= 0.3 is 0 Å². The smallest absolute Gasteiger partial charge is 0.255 e. The van der Waals surface area contributed by atoms with Crippen LogP contribution in [0.4, 0.5) is 11.4 Å². The van der Waals surface area contributed by atoms with Crippen molar-refractivity contribution < 1.29 is 14.3 Å². The fourth-order valence-corrected chi connectivity index (χ4v) is 2.76. The number of methoxy groups -OCH3 is 1. The molecule has 0 aliphatic rings. The summed E-state index contributed by atoms with van der Waals surface area (Å²) in [5, 5.41) is 5.66. The number of benzene rings is 2. The number of rotatable bonds is 6. The highest BCUT2D eigenvalue weighted by Gasteiger charge is 2.14. The molecule has 2 amide bonds. The van der Waals surface area contributed by atoms with E-state index in [9.17, 15) is 9.59 Å². The lowest BCUT2D eigenvalue weighted by Gasteiger charge is -2.17. The Labute approximate surface area is 158 Å². The summed E-state index contributed by atoms with van der Waals surface area (Å²) in [4.78, 5) is 24.3. The van der Waals surface area contributed by atoms with E-state index in [4.69, 9.17) is 4.74 Å². The van der Waals surface area contributed by atoms with E-state index in [0.717, 1.165) is 0 Å². The number of hydrogen-bond acceptors (Lipinski definition) is 4. The predicted octanol–water partition coefficient (Wildman–Crippen LogP) is 4.42. The van der Waals surface area contributed by atoms with Gasteiger partial charge in [-0.05, 0) is 36.4 Å². The number of ether oxygens (including phenoxy) is 1. The van der Waals surface area contributed by atoms with Crippen LogP contribution in [0.25, 0.3) is 0 Å². The van der Waals surface area contributed by atoms with Gasteiger partial charge in [0.05, 0.1) is 18.6 Å². The highest BCUT2D eigenvalue weighted by atomic mass is 32.2. The van der Waals surface area contributed by atoms with E-state index in [-0.39, 0.29) is 16.6 Å². The quantitative estimate of drug-likeness (QED) is 0.788. The molecular weight excluding hydrogens is 348 g/mol. The van der Waals surface area contributed by atoms with E-state index in [0.29, 0.717) is 28.4 Å². The molecule has 0 atom stereocenters. The second kappa shape index (κ2) is 8.76. The van der Waals surface area contributed by atoms with Gasteiger partial charge < -0.3 is 15.4 Å². The Bertz CT molecular complexity index is 767. The molecule has 26 heavy (non-hydrogen) atoms. The third-order valence-corrected chi connectivity index (χ3v) is 4.69. The zero-order valence-electron chi connectivity index (χ0n) is 15.5. The Morgan fingerprint density at radius 2 is 1.65 bits per heavy atom. The van der Waals surface area contributed by atoms with Crippen molar-refractivity contribution in [3.8, 4) is 5.75 Å². The average Bonchev–Trinajstić information content (AvgIpc) is 2.60. The number of carbonyl (C=O) groups excluding carboxylic acids is 2. The molecule has 2 aromatic rings. The molecular formula is C20H24N2O3S. The van der Waals surface area contributed by atoms with Gasteiger partial charge in [0, 0.05) is 16.0 Å². The molecule has 2 N–H and O–H groups in total. The first-order valence-electron chi connectivity index (χ1n) is 8.27. The number of anilines is 2. The number of hydrogen-bond donors (Lipinski definition) is 2. The number of para-hydroxylation sites is 2. The molecule has 0 unspecified atom stereocenters. The lowest BCUT2D eigenvalue weighted by Crippen LogP contribution is -2.19. The predicted molar refractivity (Wildman–Crippen MR) is 108 cm³/mol. The number of carbonyl (C=O) groups is 2. The van der Waals surface area contributed by atoms with Gasteiger partial charge in [-0.2, -0.15) is 0 Å². The van der Waals surface area contributed by atoms with E-state index in [1.165, 1.54) is 0 Å². The largest absolute Gasteiger partial charge is 0.495 e. The monoisotopic (exact) mass is 372 g/mol. The molecule has 0 saturated heterocycles. The summed E-state index contributed by atoms with van der Waals surface area (Å²) in [5.41, 5.74) is 1.77. The van der Waals surface area contributed by atoms with Crippen LogP contribution in [0.3, 0.4) is 0 Å². The topological polar surface area (TPSA) is 67.4 Å². The van der Waals surface area contributed by atoms with Gasteiger partial charge in [-0.1, -0.05) is 32.9 Å². The van der Waals surface area contributed by atoms with Crippen LogP contribution in [0.1, 0.15) is 31.1 Å². The summed E-state index contributed by atoms with van der Waals surface area (Å²) >= 11 is 1.59. The second-order valence-electron chi connectivity index (χ2n) is 6.68. The van der Waals surface area contributed by atoms with E-state index in [1.807, 2.05) is 12.1 Å². The third kappa shape index (κ3) is 6.11. The van der Waals surface area contributed by atoms with Gasteiger partial charge in [0.25, 0.3) is 5.91 Å². The molecule has 0 heterocycles. The van der Waals surface area contributed by atoms with Crippen molar-refractivity contribution in [1.82, 2.24) is 0 Å². The number of nitrogens with one attached hydrogen (secondary N) is 2. The van der Waals surface area contributed by atoms with E-state index < -0.39 is 0 Å². The highest BCUT2D eigenvalue weighted by Crippen LogP contribution is 2.24. The molecule has 0 aliphatic heterocycles. The molecule has 0 aromatic heterocycles. The summed E-state index contributed by atoms with van der Waals surface area (Å²) in [6.45, 7) is 6.21. The van der Waals surface area contributed by atoms with Crippen LogP contribution in [0.5, 0.6) is 5.75 Å². The molecule has 0 radical (unpaired) electrons. The van der Waals surface area contributed by atoms with Crippen LogP contribution < -0.4 is 15.4 Å². The Morgan fingerprint density at radius 3 is 2.27 bits per heavy atom. The van der Waals surface area contributed by atoms with Crippen molar-refractivity contribution in [3.05, 3.63) is 54.1 Å².